The Hall–Kier alpha value is -3.23. The summed E-state index contributed by atoms with van der Waals surface area (Å²) in [5.74, 6) is -3.33. The van der Waals surface area contributed by atoms with Crippen molar-refractivity contribution in [2.75, 3.05) is 0 Å². The lowest BCUT2D eigenvalue weighted by molar-refractivity contribution is -0.275. The van der Waals surface area contributed by atoms with Crippen LogP contribution in [0, 0.1) is 0 Å². The molecule has 6 nitrogen and oxygen atoms in total. The molecule has 9 heteroatoms. The van der Waals surface area contributed by atoms with Crippen molar-refractivity contribution in [3.63, 3.8) is 0 Å². The molecular formula is C16H10F3O6-. The van der Waals surface area contributed by atoms with Gasteiger partial charge in [0.25, 0.3) is 0 Å². The predicted molar refractivity (Wildman–Crippen MR) is 74.7 cm³/mol. The molecule has 0 radical (unpaired) electrons. The van der Waals surface area contributed by atoms with Crippen molar-refractivity contribution < 1.29 is 42.1 Å². The molecule has 0 amide bonds. The van der Waals surface area contributed by atoms with Crippen LogP contribution in [0.3, 0.4) is 0 Å². The summed E-state index contributed by atoms with van der Waals surface area (Å²) in [6.45, 7) is -0.185. The first-order chi connectivity index (χ1) is 11.7. The molecule has 0 N–H and O–H groups in total. The monoisotopic (exact) mass is 355 g/mol. The van der Waals surface area contributed by atoms with Gasteiger partial charge < -0.3 is 24.1 Å². The number of carbonyl (C=O) groups is 2. The Labute approximate surface area is 139 Å². The van der Waals surface area contributed by atoms with E-state index in [1.165, 1.54) is 0 Å². The van der Waals surface area contributed by atoms with Gasteiger partial charge in [0.05, 0.1) is 5.97 Å². The van der Waals surface area contributed by atoms with E-state index in [0.29, 0.717) is 17.7 Å². The lowest BCUT2D eigenvalue weighted by Gasteiger charge is -2.14. The fraction of sp³-hybridized carbons (Fsp3) is 0.125. The first-order valence-corrected chi connectivity index (χ1v) is 6.74. The van der Waals surface area contributed by atoms with Crippen molar-refractivity contribution >= 4 is 12.1 Å². The molecule has 0 heterocycles. The third-order valence-electron chi connectivity index (χ3n) is 2.80. The molecule has 0 unspecified atom stereocenters. The van der Waals surface area contributed by atoms with Crippen molar-refractivity contribution in [3.05, 3.63) is 59.7 Å². The number of aromatic carboxylic acids is 1. The zero-order chi connectivity index (χ0) is 18.4. The van der Waals surface area contributed by atoms with E-state index >= 15 is 0 Å². The fourth-order valence-electron chi connectivity index (χ4n) is 1.76. The van der Waals surface area contributed by atoms with E-state index in [1.807, 2.05) is 0 Å². The molecule has 132 valence electrons. The largest absolute Gasteiger partial charge is 0.573 e. The summed E-state index contributed by atoms with van der Waals surface area (Å²) in [7, 11) is 0. The molecule has 0 aliphatic carbocycles. The molecule has 0 atom stereocenters. The Bertz CT molecular complexity index is 758. The smallest absolute Gasteiger partial charge is 0.545 e. The number of carboxylic acids is 1. The predicted octanol–water partition coefficient (Wildman–Crippen LogP) is 2.66. The SMILES string of the molecule is O=C(OCc1ccccc1)Oc1cc(C(=O)[O-])ccc1OC(F)(F)F. The van der Waals surface area contributed by atoms with Crippen molar-refractivity contribution in [2.24, 2.45) is 0 Å². The maximum atomic E-state index is 12.4. The molecule has 2 aromatic carbocycles. The third-order valence-corrected chi connectivity index (χ3v) is 2.80. The van der Waals surface area contributed by atoms with E-state index in [2.05, 4.69) is 9.47 Å². The molecule has 0 aliphatic rings. The summed E-state index contributed by atoms with van der Waals surface area (Å²) in [4.78, 5) is 22.4. The van der Waals surface area contributed by atoms with Crippen LogP contribution in [0.5, 0.6) is 11.5 Å². The molecule has 0 saturated carbocycles. The highest BCUT2D eigenvalue weighted by Gasteiger charge is 2.33. The second-order valence-corrected chi connectivity index (χ2v) is 4.62. The average molecular weight is 355 g/mol. The molecule has 0 aliphatic heterocycles. The van der Waals surface area contributed by atoms with Crippen LogP contribution in [0.15, 0.2) is 48.5 Å². The van der Waals surface area contributed by atoms with E-state index in [4.69, 9.17) is 4.74 Å². The van der Waals surface area contributed by atoms with Gasteiger partial charge in [-0.25, -0.2) is 4.79 Å². The van der Waals surface area contributed by atoms with Crippen molar-refractivity contribution in [1.82, 2.24) is 0 Å². The van der Waals surface area contributed by atoms with Crippen LogP contribution in [-0.4, -0.2) is 18.5 Å². The molecule has 0 aromatic heterocycles. The van der Waals surface area contributed by atoms with Gasteiger partial charge in [-0.05, 0) is 23.8 Å². The number of alkyl halides is 3. The molecule has 25 heavy (non-hydrogen) atoms. The number of ether oxygens (including phenoxy) is 3. The summed E-state index contributed by atoms with van der Waals surface area (Å²) in [5.41, 5.74) is 0.120. The van der Waals surface area contributed by atoms with Crippen molar-refractivity contribution in [2.45, 2.75) is 13.0 Å². The normalized spacial score (nSPS) is 10.8. The summed E-state index contributed by atoms with van der Waals surface area (Å²) in [6.07, 6.45) is -6.39. The second kappa shape index (κ2) is 7.56. The standard InChI is InChI=1S/C16H11F3O6/c17-16(18,19)25-12-7-6-11(14(20)21)8-13(12)24-15(22)23-9-10-4-2-1-3-5-10/h1-8H,9H2,(H,20,21)/p-1. The Morgan fingerprint density at radius 2 is 1.68 bits per heavy atom. The first kappa shape index (κ1) is 18.1. The number of halogens is 3. The fourth-order valence-corrected chi connectivity index (χ4v) is 1.76. The minimum absolute atomic E-state index is 0.185. The highest BCUT2D eigenvalue weighted by Crippen LogP contribution is 2.33. The van der Waals surface area contributed by atoms with Gasteiger partial charge in [0.2, 0.25) is 0 Å². The molecule has 0 spiro atoms. The van der Waals surface area contributed by atoms with Gasteiger partial charge >= 0.3 is 12.5 Å². The Balaban J connectivity index is 2.13. The summed E-state index contributed by atoms with van der Waals surface area (Å²) >= 11 is 0. The quantitative estimate of drug-likeness (QED) is 0.606. The van der Waals surface area contributed by atoms with Gasteiger partial charge in [0.15, 0.2) is 11.5 Å². The minimum atomic E-state index is -5.06. The van der Waals surface area contributed by atoms with Crippen LogP contribution in [0.4, 0.5) is 18.0 Å². The number of carboxylic acid groups (broad SMARTS) is 1. The number of rotatable bonds is 5. The van der Waals surface area contributed by atoms with Gasteiger partial charge in [0.1, 0.15) is 6.61 Å². The number of hydrogen-bond acceptors (Lipinski definition) is 6. The molecule has 0 saturated heterocycles. The molecular weight excluding hydrogens is 345 g/mol. The van der Waals surface area contributed by atoms with E-state index in [-0.39, 0.29) is 6.61 Å². The summed E-state index contributed by atoms with van der Waals surface area (Å²) < 4.78 is 50.2. The van der Waals surface area contributed by atoms with Crippen molar-refractivity contribution in [3.8, 4) is 11.5 Å². The average Bonchev–Trinajstić information content (AvgIpc) is 2.54. The highest BCUT2D eigenvalue weighted by molar-refractivity contribution is 5.87. The lowest BCUT2D eigenvalue weighted by Crippen LogP contribution is -2.23. The zero-order valence-electron chi connectivity index (χ0n) is 12.4. The van der Waals surface area contributed by atoms with Crippen LogP contribution in [0.25, 0.3) is 0 Å². The van der Waals surface area contributed by atoms with E-state index in [0.717, 1.165) is 6.07 Å². The van der Waals surface area contributed by atoms with E-state index < -0.39 is 35.5 Å². The number of carbonyl (C=O) groups excluding carboxylic acids is 2. The van der Waals surface area contributed by atoms with E-state index in [9.17, 15) is 27.9 Å². The zero-order valence-corrected chi connectivity index (χ0v) is 12.4. The second-order valence-electron chi connectivity index (χ2n) is 4.62. The Kier molecular flexibility index (Phi) is 5.48. The van der Waals surface area contributed by atoms with E-state index in [1.54, 1.807) is 30.3 Å². The van der Waals surface area contributed by atoms with Gasteiger partial charge in [-0.2, -0.15) is 0 Å². The lowest BCUT2D eigenvalue weighted by atomic mass is 10.2. The number of hydrogen-bond donors (Lipinski definition) is 0. The summed E-state index contributed by atoms with van der Waals surface area (Å²) in [6, 6.07) is 10.6. The molecule has 0 fully saturated rings. The van der Waals surface area contributed by atoms with Gasteiger partial charge in [-0.1, -0.05) is 30.3 Å². The summed E-state index contributed by atoms with van der Waals surface area (Å²) in [5, 5.41) is 10.8. The Morgan fingerprint density at radius 1 is 1.00 bits per heavy atom. The number of benzene rings is 2. The first-order valence-electron chi connectivity index (χ1n) is 6.74. The van der Waals surface area contributed by atoms with Gasteiger partial charge in [0, 0.05) is 5.56 Å². The van der Waals surface area contributed by atoms with Crippen molar-refractivity contribution in [1.29, 1.82) is 0 Å². The van der Waals surface area contributed by atoms with Gasteiger partial charge in [-0.15, -0.1) is 13.2 Å². The third kappa shape index (κ3) is 5.72. The van der Waals surface area contributed by atoms with Crippen LogP contribution < -0.4 is 14.6 Å². The molecule has 2 rings (SSSR count). The maximum absolute atomic E-state index is 12.4. The van der Waals surface area contributed by atoms with Crippen LogP contribution in [0.2, 0.25) is 0 Å². The minimum Gasteiger partial charge on any atom is -0.545 e. The van der Waals surface area contributed by atoms with Gasteiger partial charge in [-0.3, -0.25) is 0 Å². The van der Waals surface area contributed by atoms with Crippen LogP contribution in [0.1, 0.15) is 15.9 Å². The molecule has 0 bridgehead atoms. The Morgan fingerprint density at radius 3 is 2.28 bits per heavy atom. The highest BCUT2D eigenvalue weighted by atomic mass is 19.4. The van der Waals surface area contributed by atoms with Crippen LogP contribution in [-0.2, 0) is 11.3 Å². The topological polar surface area (TPSA) is 84.9 Å². The maximum Gasteiger partial charge on any atom is 0.573 e. The molecule has 2 aromatic rings. The van der Waals surface area contributed by atoms with Crippen LogP contribution >= 0.6 is 0 Å².